The summed E-state index contributed by atoms with van der Waals surface area (Å²) < 4.78 is 17.2. The van der Waals surface area contributed by atoms with Gasteiger partial charge in [-0.05, 0) is 62.8 Å². The van der Waals surface area contributed by atoms with E-state index in [4.69, 9.17) is 19.3 Å². The zero-order valence-electron chi connectivity index (χ0n) is 20.6. The highest BCUT2D eigenvalue weighted by Crippen LogP contribution is 2.32. The zero-order valence-corrected chi connectivity index (χ0v) is 20.6. The first-order chi connectivity index (χ1) is 16.2. The predicted octanol–water partition coefficient (Wildman–Crippen LogP) is 5.58. The summed E-state index contributed by atoms with van der Waals surface area (Å²) in [7, 11) is 0. The minimum absolute atomic E-state index is 0.0108. The van der Waals surface area contributed by atoms with Gasteiger partial charge in [0, 0.05) is 24.5 Å². The van der Waals surface area contributed by atoms with Gasteiger partial charge >= 0.3 is 5.97 Å². The number of carbonyl (C=O) groups excluding carboxylic acids is 1. The van der Waals surface area contributed by atoms with Gasteiger partial charge < -0.3 is 24.4 Å². The quantitative estimate of drug-likeness (QED) is 0.257. The molecule has 34 heavy (non-hydrogen) atoms. The summed E-state index contributed by atoms with van der Waals surface area (Å²) in [6, 6.07) is 8.83. The molecule has 2 rings (SSSR count). The molecule has 186 valence electrons. The lowest BCUT2D eigenvalue weighted by Crippen LogP contribution is -2.06. The van der Waals surface area contributed by atoms with Crippen molar-refractivity contribution in [3.05, 3.63) is 47.0 Å². The SMILES string of the molecule is CCOc1cc(OCCCCOc2ccc(C(=O)CC(C)C)c(O)c2C)ccc1CCC(=O)O. The number of aryl methyl sites for hydroxylation is 1. The number of unbranched alkanes of at least 4 members (excludes halogenated alkanes) is 1. The van der Waals surface area contributed by atoms with Gasteiger partial charge in [-0.1, -0.05) is 19.9 Å². The molecule has 7 nitrogen and oxygen atoms in total. The van der Waals surface area contributed by atoms with Crippen LogP contribution in [0.5, 0.6) is 23.0 Å². The second kappa shape index (κ2) is 13.5. The van der Waals surface area contributed by atoms with E-state index in [1.54, 1.807) is 25.1 Å². The summed E-state index contributed by atoms with van der Waals surface area (Å²) in [5.41, 5.74) is 1.75. The van der Waals surface area contributed by atoms with Crippen LogP contribution in [0.2, 0.25) is 0 Å². The number of hydrogen-bond donors (Lipinski definition) is 2. The fraction of sp³-hybridized carbons (Fsp3) is 0.481. The van der Waals surface area contributed by atoms with E-state index in [0.29, 0.717) is 61.0 Å². The van der Waals surface area contributed by atoms with E-state index in [1.165, 1.54) is 0 Å². The molecule has 0 amide bonds. The van der Waals surface area contributed by atoms with Crippen LogP contribution in [0.15, 0.2) is 30.3 Å². The van der Waals surface area contributed by atoms with Crippen molar-refractivity contribution in [1.29, 1.82) is 0 Å². The molecule has 0 aromatic heterocycles. The Hall–Kier alpha value is -3.22. The lowest BCUT2D eigenvalue weighted by molar-refractivity contribution is -0.136. The van der Waals surface area contributed by atoms with E-state index < -0.39 is 5.97 Å². The summed E-state index contributed by atoms with van der Waals surface area (Å²) >= 11 is 0. The Balaban J connectivity index is 1.81. The van der Waals surface area contributed by atoms with Crippen LogP contribution in [0.3, 0.4) is 0 Å². The van der Waals surface area contributed by atoms with Gasteiger partial charge in [0.25, 0.3) is 0 Å². The Morgan fingerprint density at radius 3 is 2.32 bits per heavy atom. The molecular formula is C27H36O7. The second-order valence-corrected chi connectivity index (χ2v) is 8.61. The van der Waals surface area contributed by atoms with Gasteiger partial charge in [0.15, 0.2) is 5.78 Å². The highest BCUT2D eigenvalue weighted by atomic mass is 16.5. The maximum atomic E-state index is 12.3. The molecule has 0 unspecified atom stereocenters. The van der Waals surface area contributed by atoms with Crippen molar-refractivity contribution >= 4 is 11.8 Å². The Bertz CT molecular complexity index is 966. The van der Waals surface area contributed by atoms with E-state index >= 15 is 0 Å². The molecule has 2 N–H and O–H groups in total. The average Bonchev–Trinajstić information content (AvgIpc) is 2.77. The van der Waals surface area contributed by atoms with E-state index in [1.807, 2.05) is 32.9 Å². The fourth-order valence-corrected chi connectivity index (χ4v) is 3.48. The first-order valence-corrected chi connectivity index (χ1v) is 11.8. The van der Waals surface area contributed by atoms with Crippen molar-refractivity contribution in [3.63, 3.8) is 0 Å². The van der Waals surface area contributed by atoms with Gasteiger partial charge in [-0.3, -0.25) is 9.59 Å². The van der Waals surface area contributed by atoms with Crippen LogP contribution in [0.25, 0.3) is 0 Å². The molecule has 0 aliphatic carbocycles. The summed E-state index contributed by atoms with van der Waals surface area (Å²) in [6.45, 7) is 9.01. The molecule has 7 heteroatoms. The number of rotatable bonds is 15. The number of phenolic OH excluding ortho intramolecular Hbond substituents is 1. The Labute approximate surface area is 201 Å². The molecule has 0 aliphatic rings. The number of carbonyl (C=O) groups is 2. The molecular weight excluding hydrogens is 436 g/mol. The number of ketones is 1. The average molecular weight is 473 g/mol. The van der Waals surface area contributed by atoms with Gasteiger partial charge in [-0.2, -0.15) is 0 Å². The van der Waals surface area contributed by atoms with Crippen molar-refractivity contribution in [1.82, 2.24) is 0 Å². The highest BCUT2D eigenvalue weighted by molar-refractivity contribution is 5.99. The van der Waals surface area contributed by atoms with E-state index in [0.717, 1.165) is 18.4 Å². The summed E-state index contributed by atoms with van der Waals surface area (Å²) in [5.74, 6) is 1.20. The number of carboxylic acid groups (broad SMARTS) is 1. The van der Waals surface area contributed by atoms with Crippen LogP contribution in [0.4, 0.5) is 0 Å². The van der Waals surface area contributed by atoms with Gasteiger partial charge in [0.1, 0.15) is 23.0 Å². The number of carboxylic acids is 1. The van der Waals surface area contributed by atoms with Crippen molar-refractivity contribution in [2.45, 2.75) is 59.8 Å². The number of aromatic hydroxyl groups is 1. The third-order valence-electron chi connectivity index (χ3n) is 5.29. The first kappa shape index (κ1) is 27.0. The van der Waals surface area contributed by atoms with Gasteiger partial charge in [0.05, 0.1) is 25.4 Å². The van der Waals surface area contributed by atoms with Crippen LogP contribution >= 0.6 is 0 Å². The summed E-state index contributed by atoms with van der Waals surface area (Å²) in [6.07, 6.45) is 2.37. The maximum Gasteiger partial charge on any atom is 0.303 e. The lowest BCUT2D eigenvalue weighted by atomic mass is 9.98. The standard InChI is InChI=1S/C27H36O7/c1-5-32-25-17-21(10-8-20(25)9-13-26(29)30)33-14-6-7-15-34-24-12-11-22(27(31)19(24)4)23(28)16-18(2)3/h8,10-12,17-18,31H,5-7,9,13-16H2,1-4H3,(H,29,30). The molecule has 0 saturated carbocycles. The number of benzene rings is 2. The zero-order chi connectivity index (χ0) is 25.1. The molecule has 2 aromatic carbocycles. The minimum atomic E-state index is -0.842. The Kier molecular flexibility index (Phi) is 10.7. The third-order valence-corrected chi connectivity index (χ3v) is 5.29. The summed E-state index contributed by atoms with van der Waals surface area (Å²) in [4.78, 5) is 23.1. The topological polar surface area (TPSA) is 102 Å². The Morgan fingerprint density at radius 2 is 1.68 bits per heavy atom. The van der Waals surface area contributed by atoms with Gasteiger partial charge in [0.2, 0.25) is 0 Å². The van der Waals surface area contributed by atoms with Crippen LogP contribution < -0.4 is 14.2 Å². The molecule has 0 heterocycles. The lowest BCUT2D eigenvalue weighted by Gasteiger charge is -2.14. The monoisotopic (exact) mass is 472 g/mol. The fourth-order valence-electron chi connectivity index (χ4n) is 3.48. The first-order valence-electron chi connectivity index (χ1n) is 11.8. The molecule has 0 atom stereocenters. The third kappa shape index (κ3) is 8.28. The van der Waals surface area contributed by atoms with Crippen molar-refractivity contribution < 1.29 is 34.0 Å². The minimum Gasteiger partial charge on any atom is -0.507 e. The molecule has 0 aliphatic heterocycles. The molecule has 0 radical (unpaired) electrons. The number of Topliss-reactive ketones (excluding diaryl/α,β-unsaturated/α-hetero) is 1. The smallest absolute Gasteiger partial charge is 0.303 e. The van der Waals surface area contributed by atoms with Gasteiger partial charge in [-0.15, -0.1) is 0 Å². The van der Waals surface area contributed by atoms with Crippen LogP contribution in [0, 0.1) is 12.8 Å². The summed E-state index contributed by atoms with van der Waals surface area (Å²) in [5, 5.41) is 19.3. The van der Waals surface area contributed by atoms with Crippen molar-refractivity contribution in [2.75, 3.05) is 19.8 Å². The molecule has 0 bridgehead atoms. The van der Waals surface area contributed by atoms with Crippen molar-refractivity contribution in [2.24, 2.45) is 5.92 Å². The van der Waals surface area contributed by atoms with E-state index in [2.05, 4.69) is 0 Å². The van der Waals surface area contributed by atoms with Crippen LogP contribution in [-0.4, -0.2) is 41.8 Å². The van der Waals surface area contributed by atoms with E-state index in [9.17, 15) is 14.7 Å². The Morgan fingerprint density at radius 1 is 0.971 bits per heavy atom. The number of hydrogen-bond acceptors (Lipinski definition) is 6. The molecule has 2 aromatic rings. The van der Waals surface area contributed by atoms with Crippen molar-refractivity contribution in [3.8, 4) is 23.0 Å². The number of ether oxygens (including phenoxy) is 3. The van der Waals surface area contributed by atoms with Gasteiger partial charge in [-0.25, -0.2) is 0 Å². The highest BCUT2D eigenvalue weighted by Gasteiger charge is 2.17. The normalized spacial score (nSPS) is 10.9. The van der Waals surface area contributed by atoms with E-state index in [-0.39, 0.29) is 23.9 Å². The molecule has 0 fully saturated rings. The largest absolute Gasteiger partial charge is 0.507 e. The van der Waals surface area contributed by atoms with Crippen LogP contribution in [-0.2, 0) is 11.2 Å². The predicted molar refractivity (Wildman–Crippen MR) is 130 cm³/mol. The number of phenols is 1. The maximum absolute atomic E-state index is 12.3. The molecule has 0 saturated heterocycles. The number of aliphatic carboxylic acids is 1. The molecule has 0 spiro atoms. The van der Waals surface area contributed by atoms with Crippen LogP contribution in [0.1, 0.15) is 67.9 Å². The second-order valence-electron chi connectivity index (χ2n) is 8.61.